The van der Waals surface area contributed by atoms with Gasteiger partial charge in [-0.15, -0.1) is 0 Å². The standard InChI is InChI=1S/C22H33N3O5/c1-5-16(4)30-18-8-6-17(7-9-18)24-13-20(26)25-11-10-23-22(28)19(25)12-21(27)29-14-15(2)3/h6-9,15-16,19,24H,5,10-14H2,1-4H3,(H,23,28). The number of nitrogens with zero attached hydrogens (tertiary/aromatic N) is 1. The van der Waals surface area contributed by atoms with Crippen molar-refractivity contribution >= 4 is 23.5 Å². The first-order chi connectivity index (χ1) is 14.3. The summed E-state index contributed by atoms with van der Waals surface area (Å²) in [5.41, 5.74) is 0.772. The molecule has 2 N–H and O–H groups in total. The van der Waals surface area contributed by atoms with Crippen LogP contribution in [0, 0.1) is 5.92 Å². The minimum Gasteiger partial charge on any atom is -0.491 e. The van der Waals surface area contributed by atoms with Gasteiger partial charge in [0.15, 0.2) is 0 Å². The van der Waals surface area contributed by atoms with Gasteiger partial charge in [-0.25, -0.2) is 0 Å². The summed E-state index contributed by atoms with van der Waals surface area (Å²) in [5, 5.41) is 5.78. The van der Waals surface area contributed by atoms with Gasteiger partial charge in [0.05, 0.1) is 25.7 Å². The van der Waals surface area contributed by atoms with Crippen molar-refractivity contribution in [2.75, 3.05) is 31.6 Å². The number of ether oxygens (including phenoxy) is 2. The zero-order valence-corrected chi connectivity index (χ0v) is 18.3. The topological polar surface area (TPSA) is 97.0 Å². The number of carbonyl (C=O) groups is 3. The lowest BCUT2D eigenvalue weighted by atomic mass is 10.1. The maximum absolute atomic E-state index is 12.7. The van der Waals surface area contributed by atoms with Crippen molar-refractivity contribution in [2.45, 2.75) is 52.7 Å². The van der Waals surface area contributed by atoms with Crippen molar-refractivity contribution in [2.24, 2.45) is 5.92 Å². The Balaban J connectivity index is 1.91. The van der Waals surface area contributed by atoms with Crippen LogP contribution in [0.4, 0.5) is 5.69 Å². The molecule has 1 fully saturated rings. The molecule has 8 nitrogen and oxygen atoms in total. The molecular formula is C22H33N3O5. The molecule has 1 saturated heterocycles. The van der Waals surface area contributed by atoms with Crippen LogP contribution in [0.25, 0.3) is 0 Å². The molecule has 166 valence electrons. The summed E-state index contributed by atoms with van der Waals surface area (Å²) < 4.78 is 10.9. The fraction of sp³-hybridized carbons (Fsp3) is 0.591. The minimum absolute atomic E-state index is 0.0242. The molecular weight excluding hydrogens is 386 g/mol. The monoisotopic (exact) mass is 419 g/mol. The van der Waals surface area contributed by atoms with Crippen molar-refractivity contribution in [3.8, 4) is 5.75 Å². The van der Waals surface area contributed by atoms with E-state index in [1.54, 1.807) is 0 Å². The lowest BCUT2D eigenvalue weighted by Crippen LogP contribution is -2.58. The highest BCUT2D eigenvalue weighted by atomic mass is 16.5. The Morgan fingerprint density at radius 3 is 2.57 bits per heavy atom. The van der Waals surface area contributed by atoms with Gasteiger partial charge >= 0.3 is 5.97 Å². The Labute approximate surface area is 178 Å². The van der Waals surface area contributed by atoms with E-state index >= 15 is 0 Å². The minimum atomic E-state index is -0.848. The van der Waals surface area contributed by atoms with Gasteiger partial charge in [0.25, 0.3) is 0 Å². The number of esters is 1. The predicted octanol–water partition coefficient (Wildman–Crippen LogP) is 2.19. The van der Waals surface area contributed by atoms with Crippen LogP contribution < -0.4 is 15.4 Å². The molecule has 2 atom stereocenters. The van der Waals surface area contributed by atoms with Gasteiger partial charge in [0.2, 0.25) is 11.8 Å². The summed E-state index contributed by atoms with van der Waals surface area (Å²) in [6.45, 7) is 8.98. The fourth-order valence-corrected chi connectivity index (χ4v) is 2.94. The van der Waals surface area contributed by atoms with Crippen LogP contribution in [0.15, 0.2) is 24.3 Å². The Morgan fingerprint density at radius 2 is 1.93 bits per heavy atom. The zero-order chi connectivity index (χ0) is 22.1. The predicted molar refractivity (Wildman–Crippen MR) is 114 cm³/mol. The third-order valence-corrected chi connectivity index (χ3v) is 4.80. The third-order valence-electron chi connectivity index (χ3n) is 4.80. The van der Waals surface area contributed by atoms with E-state index in [-0.39, 0.29) is 36.8 Å². The second-order valence-electron chi connectivity index (χ2n) is 7.89. The van der Waals surface area contributed by atoms with E-state index in [2.05, 4.69) is 17.6 Å². The SMILES string of the molecule is CCC(C)Oc1ccc(NCC(=O)N2CCNC(=O)C2CC(=O)OCC(C)C)cc1. The summed E-state index contributed by atoms with van der Waals surface area (Å²) >= 11 is 0. The second kappa shape index (κ2) is 11.4. The van der Waals surface area contributed by atoms with Crippen molar-refractivity contribution in [3.63, 3.8) is 0 Å². The van der Waals surface area contributed by atoms with E-state index in [4.69, 9.17) is 9.47 Å². The highest BCUT2D eigenvalue weighted by Crippen LogP contribution is 2.18. The Bertz CT molecular complexity index is 720. The quantitative estimate of drug-likeness (QED) is 0.565. The summed E-state index contributed by atoms with van der Waals surface area (Å²) in [6, 6.07) is 6.53. The average Bonchev–Trinajstić information content (AvgIpc) is 2.72. The van der Waals surface area contributed by atoms with Gasteiger partial charge < -0.3 is 25.0 Å². The molecule has 30 heavy (non-hydrogen) atoms. The lowest BCUT2D eigenvalue weighted by molar-refractivity contribution is -0.152. The molecule has 8 heteroatoms. The second-order valence-corrected chi connectivity index (χ2v) is 7.89. The molecule has 0 saturated carbocycles. The van der Waals surface area contributed by atoms with E-state index in [1.165, 1.54) is 4.90 Å². The highest BCUT2D eigenvalue weighted by Gasteiger charge is 2.35. The molecule has 1 heterocycles. The lowest BCUT2D eigenvalue weighted by Gasteiger charge is -2.34. The van der Waals surface area contributed by atoms with Crippen LogP contribution in [0.2, 0.25) is 0 Å². The number of carbonyl (C=O) groups excluding carboxylic acids is 3. The largest absolute Gasteiger partial charge is 0.491 e. The van der Waals surface area contributed by atoms with Gasteiger partial charge in [0, 0.05) is 18.8 Å². The summed E-state index contributed by atoms with van der Waals surface area (Å²) in [5.74, 6) is -0.0746. The average molecular weight is 420 g/mol. The maximum atomic E-state index is 12.7. The van der Waals surface area contributed by atoms with Crippen LogP contribution in [0.3, 0.4) is 0 Å². The smallest absolute Gasteiger partial charge is 0.308 e. The van der Waals surface area contributed by atoms with Gasteiger partial charge in [0.1, 0.15) is 11.8 Å². The Hall–Kier alpha value is -2.77. The summed E-state index contributed by atoms with van der Waals surface area (Å²) in [4.78, 5) is 38.5. The van der Waals surface area contributed by atoms with Crippen LogP contribution in [-0.4, -0.2) is 61.1 Å². The van der Waals surface area contributed by atoms with Gasteiger partial charge in [-0.1, -0.05) is 20.8 Å². The van der Waals surface area contributed by atoms with E-state index in [9.17, 15) is 14.4 Å². The number of nitrogens with one attached hydrogen (secondary N) is 2. The molecule has 1 aromatic rings. The molecule has 2 unspecified atom stereocenters. The first-order valence-electron chi connectivity index (χ1n) is 10.5. The number of rotatable bonds is 10. The molecule has 1 aliphatic rings. The van der Waals surface area contributed by atoms with Crippen molar-refractivity contribution in [1.82, 2.24) is 10.2 Å². The number of hydrogen-bond donors (Lipinski definition) is 2. The van der Waals surface area contributed by atoms with E-state index in [0.717, 1.165) is 17.9 Å². The zero-order valence-electron chi connectivity index (χ0n) is 18.3. The van der Waals surface area contributed by atoms with Crippen LogP contribution in [0.1, 0.15) is 40.5 Å². The first-order valence-corrected chi connectivity index (χ1v) is 10.5. The van der Waals surface area contributed by atoms with E-state index in [0.29, 0.717) is 19.7 Å². The molecule has 0 spiro atoms. The molecule has 2 amide bonds. The van der Waals surface area contributed by atoms with E-state index in [1.807, 2.05) is 45.0 Å². The number of anilines is 1. The number of hydrogen-bond acceptors (Lipinski definition) is 6. The van der Waals surface area contributed by atoms with Crippen molar-refractivity contribution in [3.05, 3.63) is 24.3 Å². The molecule has 0 radical (unpaired) electrons. The number of amides is 2. The molecule has 0 aliphatic carbocycles. The molecule has 0 aromatic heterocycles. The van der Waals surface area contributed by atoms with E-state index < -0.39 is 12.0 Å². The van der Waals surface area contributed by atoms with Gasteiger partial charge in [-0.2, -0.15) is 0 Å². The maximum Gasteiger partial charge on any atom is 0.308 e. The molecule has 1 aromatic carbocycles. The summed E-state index contributed by atoms with van der Waals surface area (Å²) in [6.07, 6.45) is 0.913. The number of benzene rings is 1. The summed E-state index contributed by atoms with van der Waals surface area (Å²) in [7, 11) is 0. The van der Waals surface area contributed by atoms with Crippen LogP contribution in [-0.2, 0) is 19.1 Å². The van der Waals surface area contributed by atoms with Gasteiger partial charge in [-0.3, -0.25) is 14.4 Å². The normalized spacial score (nSPS) is 17.3. The van der Waals surface area contributed by atoms with Crippen LogP contribution >= 0.6 is 0 Å². The van der Waals surface area contributed by atoms with Crippen molar-refractivity contribution < 1.29 is 23.9 Å². The van der Waals surface area contributed by atoms with Crippen molar-refractivity contribution in [1.29, 1.82) is 0 Å². The molecule has 1 aliphatic heterocycles. The van der Waals surface area contributed by atoms with Gasteiger partial charge in [-0.05, 0) is 43.5 Å². The Morgan fingerprint density at radius 1 is 1.23 bits per heavy atom. The molecule has 0 bridgehead atoms. The molecule has 2 rings (SSSR count). The highest BCUT2D eigenvalue weighted by molar-refractivity contribution is 5.93. The third kappa shape index (κ3) is 7.24. The fourth-order valence-electron chi connectivity index (χ4n) is 2.94. The van der Waals surface area contributed by atoms with Crippen LogP contribution in [0.5, 0.6) is 5.75 Å². The first kappa shape index (κ1) is 23.5. The Kier molecular flexibility index (Phi) is 8.95. The number of piperazine rings is 1.